The van der Waals surface area contributed by atoms with Crippen molar-refractivity contribution in [2.24, 2.45) is 23.7 Å². The second kappa shape index (κ2) is 18.6. The number of ether oxygens (including phenoxy) is 4. The van der Waals surface area contributed by atoms with Crippen LogP contribution in [0.25, 0.3) is 0 Å². The molecule has 0 atom stereocenters. The van der Waals surface area contributed by atoms with Crippen LogP contribution < -0.4 is 0 Å². The smallest absolute Gasteiger partial charge is 0.330 e. The summed E-state index contributed by atoms with van der Waals surface area (Å²) in [7, 11) is 0. The predicted octanol–water partition coefficient (Wildman–Crippen LogP) is 5.48. The van der Waals surface area contributed by atoms with Gasteiger partial charge in [-0.3, -0.25) is 9.59 Å². The predicted molar refractivity (Wildman–Crippen MR) is 143 cm³/mol. The molecule has 8 heteroatoms. The molecule has 2 aliphatic rings. The number of unbranched alkanes of at least 4 members (excludes halogenated alkanes) is 4. The normalized spacial score (nSPS) is 23.1. The summed E-state index contributed by atoms with van der Waals surface area (Å²) in [5.41, 5.74) is 0. The van der Waals surface area contributed by atoms with Crippen LogP contribution in [0.4, 0.5) is 0 Å². The van der Waals surface area contributed by atoms with Gasteiger partial charge in [0, 0.05) is 12.2 Å². The summed E-state index contributed by atoms with van der Waals surface area (Å²) < 4.78 is 20.8. The van der Waals surface area contributed by atoms with Crippen molar-refractivity contribution in [1.82, 2.24) is 0 Å². The third kappa shape index (κ3) is 12.3. The molecule has 2 fully saturated rings. The Hall–Kier alpha value is -2.64. The Bertz CT molecular complexity index is 696. The number of carbonyl (C=O) groups excluding carboxylic acids is 4. The van der Waals surface area contributed by atoms with Crippen molar-refractivity contribution in [3.8, 4) is 0 Å². The number of hydrogen-bond acceptors (Lipinski definition) is 8. The zero-order valence-electron chi connectivity index (χ0n) is 22.9. The molecular weight excluding hydrogens is 488 g/mol. The van der Waals surface area contributed by atoms with Crippen LogP contribution >= 0.6 is 0 Å². The van der Waals surface area contributed by atoms with Gasteiger partial charge in [0.25, 0.3) is 0 Å². The number of esters is 4. The molecule has 2 aliphatic carbocycles. The topological polar surface area (TPSA) is 105 Å². The van der Waals surface area contributed by atoms with Crippen LogP contribution in [-0.4, -0.2) is 50.3 Å². The first-order valence-corrected chi connectivity index (χ1v) is 14.4. The Morgan fingerprint density at radius 2 is 0.816 bits per heavy atom. The Morgan fingerprint density at radius 3 is 1.13 bits per heavy atom. The fourth-order valence-electron chi connectivity index (χ4n) is 5.46. The minimum absolute atomic E-state index is 0.000139. The maximum absolute atomic E-state index is 12.4. The van der Waals surface area contributed by atoms with Crippen LogP contribution in [0, 0.1) is 23.7 Å². The van der Waals surface area contributed by atoms with Crippen molar-refractivity contribution < 1.29 is 38.1 Å². The molecule has 8 nitrogen and oxygen atoms in total. The van der Waals surface area contributed by atoms with E-state index in [1.807, 2.05) is 0 Å². The lowest BCUT2D eigenvalue weighted by molar-refractivity contribution is -0.152. The second-order valence-electron chi connectivity index (χ2n) is 10.4. The Kier molecular flexibility index (Phi) is 15.4. The zero-order valence-corrected chi connectivity index (χ0v) is 22.9. The maximum Gasteiger partial charge on any atom is 0.330 e. The average molecular weight is 535 g/mol. The maximum atomic E-state index is 12.4. The molecule has 38 heavy (non-hydrogen) atoms. The lowest BCUT2D eigenvalue weighted by Crippen LogP contribution is -2.31. The van der Waals surface area contributed by atoms with Crippen LogP contribution in [-0.2, 0) is 38.1 Å². The van der Waals surface area contributed by atoms with Crippen LogP contribution in [0.15, 0.2) is 25.3 Å². The van der Waals surface area contributed by atoms with Crippen molar-refractivity contribution >= 4 is 23.9 Å². The molecule has 0 aliphatic heterocycles. The molecule has 0 N–H and O–H groups in total. The van der Waals surface area contributed by atoms with E-state index in [1.54, 1.807) is 0 Å². The molecule has 214 valence electrons. The van der Waals surface area contributed by atoms with Gasteiger partial charge in [0.1, 0.15) is 0 Å². The summed E-state index contributed by atoms with van der Waals surface area (Å²) in [5.74, 6) is 0.284. The third-order valence-corrected chi connectivity index (χ3v) is 7.76. The van der Waals surface area contributed by atoms with Gasteiger partial charge in [-0.1, -0.05) is 13.2 Å². The van der Waals surface area contributed by atoms with E-state index in [0.29, 0.717) is 38.3 Å². The van der Waals surface area contributed by atoms with Gasteiger partial charge in [-0.2, -0.15) is 0 Å². The van der Waals surface area contributed by atoms with E-state index < -0.39 is 11.9 Å². The van der Waals surface area contributed by atoms with Crippen LogP contribution in [0.1, 0.15) is 89.9 Å². The first-order chi connectivity index (χ1) is 18.4. The zero-order chi connectivity index (χ0) is 27.6. The monoisotopic (exact) mass is 534 g/mol. The van der Waals surface area contributed by atoms with E-state index in [0.717, 1.165) is 102 Å². The summed E-state index contributed by atoms with van der Waals surface area (Å²) in [5, 5.41) is 0. The summed E-state index contributed by atoms with van der Waals surface area (Å²) in [4.78, 5) is 46.8. The van der Waals surface area contributed by atoms with Gasteiger partial charge in [-0.05, 0) is 102 Å². The van der Waals surface area contributed by atoms with Crippen LogP contribution in [0.5, 0.6) is 0 Å². The standard InChI is InChI=1S/C30H46O8/c1-3-27(31)35-19-7-5-9-21-37-29(33)25-15-11-23(12-16-25)24-13-17-26(18-14-24)30(34)38-22-10-6-8-20-36-28(32)4-2/h3-4,23-26H,1-2,5-22H2. The first-order valence-electron chi connectivity index (χ1n) is 14.4. The van der Waals surface area contributed by atoms with Gasteiger partial charge < -0.3 is 18.9 Å². The van der Waals surface area contributed by atoms with Crippen molar-refractivity contribution in [3.63, 3.8) is 0 Å². The third-order valence-electron chi connectivity index (χ3n) is 7.76. The molecule has 0 heterocycles. The Labute approximate surface area is 227 Å². The summed E-state index contributed by atoms with van der Waals surface area (Å²) >= 11 is 0. The highest BCUT2D eigenvalue weighted by Crippen LogP contribution is 2.41. The van der Waals surface area contributed by atoms with Gasteiger partial charge >= 0.3 is 23.9 Å². The van der Waals surface area contributed by atoms with E-state index >= 15 is 0 Å². The minimum atomic E-state index is -0.409. The first kappa shape index (κ1) is 31.6. The second-order valence-corrected chi connectivity index (χ2v) is 10.4. The van der Waals surface area contributed by atoms with E-state index in [9.17, 15) is 19.2 Å². The van der Waals surface area contributed by atoms with Crippen LogP contribution in [0.3, 0.4) is 0 Å². The molecule has 0 radical (unpaired) electrons. The van der Waals surface area contributed by atoms with E-state index in [-0.39, 0.29) is 23.8 Å². The molecule has 0 saturated heterocycles. The lowest BCUT2D eigenvalue weighted by Gasteiger charge is -2.36. The highest BCUT2D eigenvalue weighted by molar-refractivity contribution is 5.81. The Morgan fingerprint density at radius 1 is 0.500 bits per heavy atom. The summed E-state index contributed by atoms with van der Waals surface area (Å²) in [6, 6.07) is 0. The van der Waals surface area contributed by atoms with E-state index in [4.69, 9.17) is 18.9 Å². The van der Waals surface area contributed by atoms with Gasteiger partial charge in [0.05, 0.1) is 38.3 Å². The highest BCUT2D eigenvalue weighted by Gasteiger charge is 2.35. The van der Waals surface area contributed by atoms with Gasteiger partial charge in [-0.25, -0.2) is 9.59 Å². The number of hydrogen-bond donors (Lipinski definition) is 0. The van der Waals surface area contributed by atoms with Crippen molar-refractivity contribution in [1.29, 1.82) is 0 Å². The van der Waals surface area contributed by atoms with Crippen molar-refractivity contribution in [2.75, 3.05) is 26.4 Å². The molecule has 0 unspecified atom stereocenters. The van der Waals surface area contributed by atoms with E-state index in [2.05, 4.69) is 13.2 Å². The molecule has 0 amide bonds. The van der Waals surface area contributed by atoms with Gasteiger partial charge in [0.15, 0.2) is 0 Å². The molecule has 0 bridgehead atoms. The molecule has 0 aromatic rings. The van der Waals surface area contributed by atoms with Gasteiger partial charge in [-0.15, -0.1) is 0 Å². The quantitative estimate of drug-likeness (QED) is 0.104. The molecular formula is C30H46O8. The minimum Gasteiger partial charge on any atom is -0.465 e. The highest BCUT2D eigenvalue weighted by atomic mass is 16.5. The summed E-state index contributed by atoms with van der Waals surface area (Å²) in [6.07, 6.45) is 14.8. The SMILES string of the molecule is C=CC(=O)OCCCCCOC(=O)C1CCC(C2CCC(C(=O)OCCCCCOC(=O)C=C)CC2)CC1. The number of carbonyl (C=O) groups is 4. The Balaban J connectivity index is 1.50. The molecule has 0 spiro atoms. The lowest BCUT2D eigenvalue weighted by atomic mass is 9.69. The van der Waals surface area contributed by atoms with Crippen molar-refractivity contribution in [2.45, 2.75) is 89.9 Å². The van der Waals surface area contributed by atoms with E-state index in [1.165, 1.54) is 0 Å². The average Bonchev–Trinajstić information content (AvgIpc) is 2.95. The molecule has 2 saturated carbocycles. The number of rotatable bonds is 17. The van der Waals surface area contributed by atoms with Crippen molar-refractivity contribution in [3.05, 3.63) is 25.3 Å². The fraction of sp³-hybridized carbons (Fsp3) is 0.733. The van der Waals surface area contributed by atoms with Crippen LogP contribution in [0.2, 0.25) is 0 Å². The summed E-state index contributed by atoms with van der Waals surface area (Å²) in [6.45, 7) is 8.27. The fourth-order valence-corrected chi connectivity index (χ4v) is 5.46. The molecule has 0 aromatic carbocycles. The largest absolute Gasteiger partial charge is 0.465 e. The van der Waals surface area contributed by atoms with Gasteiger partial charge in [0.2, 0.25) is 0 Å². The molecule has 0 aromatic heterocycles. The molecule has 2 rings (SSSR count).